The molecule has 4 rings (SSSR count). The summed E-state index contributed by atoms with van der Waals surface area (Å²) in [6.45, 7) is 0. The average Bonchev–Trinajstić information content (AvgIpc) is 2.95. The van der Waals surface area contributed by atoms with Gasteiger partial charge in [-0.25, -0.2) is 4.39 Å². The van der Waals surface area contributed by atoms with Crippen LogP contribution < -0.4 is 5.32 Å². The number of amides is 1. The van der Waals surface area contributed by atoms with Crippen molar-refractivity contribution in [2.45, 2.75) is 12.8 Å². The summed E-state index contributed by atoms with van der Waals surface area (Å²) >= 11 is 1.98. The van der Waals surface area contributed by atoms with E-state index in [1.54, 1.807) is 0 Å². The maximum absolute atomic E-state index is 13.2. The largest absolute Gasteiger partial charge is 0.321 e. The van der Waals surface area contributed by atoms with Crippen molar-refractivity contribution < 1.29 is 9.18 Å². The molecule has 0 atom stereocenters. The van der Waals surface area contributed by atoms with Crippen molar-refractivity contribution in [1.82, 2.24) is 0 Å². The van der Waals surface area contributed by atoms with Crippen LogP contribution in [0.3, 0.4) is 0 Å². The van der Waals surface area contributed by atoms with Gasteiger partial charge in [0.25, 0.3) is 5.91 Å². The molecule has 1 aliphatic carbocycles. The minimum atomic E-state index is -0.337. The van der Waals surface area contributed by atoms with E-state index in [0.29, 0.717) is 9.13 Å². The third kappa shape index (κ3) is 2.51. The first-order valence-electron chi connectivity index (χ1n) is 7.43. The molecule has 0 saturated heterocycles. The number of aryl methyl sites for hydroxylation is 2. The molecule has 0 aromatic heterocycles. The summed E-state index contributed by atoms with van der Waals surface area (Å²) in [6.07, 6.45) is 2.11. The zero-order valence-electron chi connectivity index (χ0n) is 12.2. The Kier molecular flexibility index (Phi) is 3.56. The van der Waals surface area contributed by atoms with Crippen LogP contribution in [0.1, 0.15) is 21.5 Å². The van der Waals surface area contributed by atoms with Gasteiger partial charge in [-0.2, -0.15) is 0 Å². The Hall–Kier alpha value is -1.95. The highest BCUT2D eigenvalue weighted by molar-refractivity contribution is 14.1. The Morgan fingerprint density at radius 2 is 1.83 bits per heavy atom. The third-order valence-electron chi connectivity index (χ3n) is 4.30. The van der Waals surface area contributed by atoms with Gasteiger partial charge in [0, 0.05) is 14.6 Å². The molecular formula is C19H13FINO. The van der Waals surface area contributed by atoms with E-state index in [9.17, 15) is 9.18 Å². The predicted molar refractivity (Wildman–Crippen MR) is 98.4 cm³/mol. The van der Waals surface area contributed by atoms with Crippen LogP contribution in [-0.4, -0.2) is 5.91 Å². The van der Waals surface area contributed by atoms with Gasteiger partial charge in [0.2, 0.25) is 0 Å². The van der Waals surface area contributed by atoms with Gasteiger partial charge < -0.3 is 5.32 Å². The molecule has 0 saturated carbocycles. The molecule has 3 aromatic rings. The molecule has 114 valence electrons. The second-order valence-corrected chi connectivity index (χ2v) is 6.85. The van der Waals surface area contributed by atoms with E-state index in [2.05, 4.69) is 17.4 Å². The van der Waals surface area contributed by atoms with Crippen LogP contribution in [0.2, 0.25) is 0 Å². The lowest BCUT2D eigenvalue weighted by Crippen LogP contribution is -2.14. The fourth-order valence-corrected chi connectivity index (χ4v) is 3.94. The lowest BCUT2D eigenvalue weighted by molar-refractivity contribution is 0.102. The maximum atomic E-state index is 13.2. The third-order valence-corrected chi connectivity index (χ3v) is 5.19. The number of benzene rings is 3. The van der Waals surface area contributed by atoms with Crippen molar-refractivity contribution in [3.63, 3.8) is 0 Å². The van der Waals surface area contributed by atoms with E-state index in [0.717, 1.165) is 23.9 Å². The Morgan fingerprint density at radius 1 is 1.04 bits per heavy atom. The highest BCUT2D eigenvalue weighted by Gasteiger charge is 2.17. The van der Waals surface area contributed by atoms with Gasteiger partial charge in [-0.1, -0.05) is 24.3 Å². The fraction of sp³-hybridized carbons (Fsp3) is 0.105. The van der Waals surface area contributed by atoms with Crippen molar-refractivity contribution in [3.8, 4) is 0 Å². The summed E-state index contributed by atoms with van der Waals surface area (Å²) in [4.78, 5) is 12.5. The number of anilines is 1. The molecule has 1 N–H and O–H groups in total. The van der Waals surface area contributed by atoms with Crippen molar-refractivity contribution in [3.05, 3.63) is 74.6 Å². The normalized spacial score (nSPS) is 12.6. The van der Waals surface area contributed by atoms with Crippen LogP contribution >= 0.6 is 22.6 Å². The molecule has 0 spiro atoms. The van der Waals surface area contributed by atoms with Crippen molar-refractivity contribution >= 4 is 45.0 Å². The first kappa shape index (κ1) is 14.6. The molecule has 2 nitrogen and oxygen atoms in total. The van der Waals surface area contributed by atoms with Crippen LogP contribution in [0.25, 0.3) is 10.8 Å². The lowest BCUT2D eigenvalue weighted by Gasteiger charge is -2.11. The number of nitrogens with one attached hydrogen (secondary N) is 1. The average molecular weight is 417 g/mol. The zero-order chi connectivity index (χ0) is 16.0. The van der Waals surface area contributed by atoms with Gasteiger partial charge in [-0.15, -0.1) is 0 Å². The van der Waals surface area contributed by atoms with Gasteiger partial charge in [0.05, 0.1) is 5.56 Å². The summed E-state index contributed by atoms with van der Waals surface area (Å²) in [5.41, 5.74) is 3.96. The SMILES string of the molecule is O=C(Nc1ccc2c3c(cccc13)CC2)c1ccc(F)cc1I. The Balaban J connectivity index is 1.75. The first-order chi connectivity index (χ1) is 11.1. The summed E-state index contributed by atoms with van der Waals surface area (Å²) in [5, 5.41) is 5.31. The van der Waals surface area contributed by atoms with Gasteiger partial charge in [-0.3, -0.25) is 4.79 Å². The van der Waals surface area contributed by atoms with E-state index in [1.807, 2.05) is 40.8 Å². The number of hydrogen-bond acceptors (Lipinski definition) is 1. The second kappa shape index (κ2) is 5.60. The smallest absolute Gasteiger partial charge is 0.256 e. The van der Waals surface area contributed by atoms with E-state index in [-0.39, 0.29) is 11.7 Å². The number of hydrogen-bond donors (Lipinski definition) is 1. The second-order valence-electron chi connectivity index (χ2n) is 5.69. The van der Waals surface area contributed by atoms with Gasteiger partial charge in [-0.05, 0) is 76.2 Å². The molecule has 0 bridgehead atoms. The molecule has 1 amide bonds. The minimum Gasteiger partial charge on any atom is -0.321 e. The highest BCUT2D eigenvalue weighted by Crippen LogP contribution is 2.35. The minimum absolute atomic E-state index is 0.215. The fourth-order valence-electron chi connectivity index (χ4n) is 3.22. The van der Waals surface area contributed by atoms with Crippen LogP contribution in [-0.2, 0) is 12.8 Å². The summed E-state index contributed by atoms with van der Waals surface area (Å²) in [5.74, 6) is -0.551. The van der Waals surface area contributed by atoms with Gasteiger partial charge >= 0.3 is 0 Å². The molecule has 0 aliphatic heterocycles. The molecule has 0 fully saturated rings. The Bertz CT molecular complexity index is 941. The van der Waals surface area contributed by atoms with E-state index < -0.39 is 0 Å². The number of carbonyl (C=O) groups is 1. The van der Waals surface area contributed by atoms with Crippen LogP contribution in [0, 0.1) is 9.39 Å². The van der Waals surface area contributed by atoms with Crippen LogP contribution in [0.5, 0.6) is 0 Å². The molecule has 1 aliphatic rings. The summed E-state index contributed by atoms with van der Waals surface area (Å²) in [7, 11) is 0. The standard InChI is InChI=1S/C19H13FINO/c20-13-7-8-14(16(21)10-13)19(23)22-17-9-6-12-5-4-11-2-1-3-15(17)18(11)12/h1-3,6-10H,4-5H2,(H,22,23). The van der Waals surface area contributed by atoms with E-state index >= 15 is 0 Å². The first-order valence-corrected chi connectivity index (χ1v) is 8.51. The Labute approximate surface area is 146 Å². The van der Waals surface area contributed by atoms with Crippen LogP contribution in [0.15, 0.2) is 48.5 Å². The Morgan fingerprint density at radius 3 is 2.61 bits per heavy atom. The van der Waals surface area contributed by atoms with Gasteiger partial charge in [0.15, 0.2) is 0 Å². The molecule has 0 heterocycles. The molecular weight excluding hydrogens is 404 g/mol. The van der Waals surface area contributed by atoms with E-state index in [1.165, 1.54) is 34.7 Å². The molecule has 0 radical (unpaired) electrons. The number of halogens is 2. The van der Waals surface area contributed by atoms with Crippen molar-refractivity contribution in [2.75, 3.05) is 5.32 Å². The molecule has 4 heteroatoms. The summed E-state index contributed by atoms with van der Waals surface area (Å²) in [6, 6.07) is 14.5. The maximum Gasteiger partial charge on any atom is 0.256 e. The monoisotopic (exact) mass is 417 g/mol. The van der Waals surface area contributed by atoms with Crippen molar-refractivity contribution in [2.24, 2.45) is 0 Å². The lowest BCUT2D eigenvalue weighted by atomic mass is 10.0. The topological polar surface area (TPSA) is 29.1 Å². The van der Waals surface area contributed by atoms with Crippen molar-refractivity contribution in [1.29, 1.82) is 0 Å². The predicted octanol–water partition coefficient (Wildman–Crippen LogP) is 4.93. The van der Waals surface area contributed by atoms with Crippen LogP contribution in [0.4, 0.5) is 10.1 Å². The number of carbonyl (C=O) groups excluding carboxylic acids is 1. The molecule has 0 unspecified atom stereocenters. The quantitative estimate of drug-likeness (QED) is 0.589. The highest BCUT2D eigenvalue weighted by atomic mass is 127. The molecule has 3 aromatic carbocycles. The number of rotatable bonds is 2. The molecule has 23 heavy (non-hydrogen) atoms. The van der Waals surface area contributed by atoms with E-state index in [4.69, 9.17) is 0 Å². The van der Waals surface area contributed by atoms with Gasteiger partial charge in [0.1, 0.15) is 5.82 Å². The summed E-state index contributed by atoms with van der Waals surface area (Å²) < 4.78 is 13.8. The zero-order valence-corrected chi connectivity index (χ0v) is 14.4.